The van der Waals surface area contributed by atoms with E-state index in [9.17, 15) is 9.59 Å². The molecule has 6 heteroatoms. The summed E-state index contributed by atoms with van der Waals surface area (Å²) in [5.41, 5.74) is 1.64. The van der Waals surface area contributed by atoms with Crippen LogP contribution in [-0.2, 0) is 11.2 Å². The lowest BCUT2D eigenvalue weighted by Crippen LogP contribution is -2.46. The lowest BCUT2D eigenvalue weighted by atomic mass is 10.0. The molecule has 27 heavy (non-hydrogen) atoms. The van der Waals surface area contributed by atoms with Crippen molar-refractivity contribution in [2.45, 2.75) is 25.3 Å². The Morgan fingerprint density at radius 3 is 2.48 bits per heavy atom. The van der Waals surface area contributed by atoms with Gasteiger partial charge in [-0.1, -0.05) is 34.1 Å². The summed E-state index contributed by atoms with van der Waals surface area (Å²) in [5, 5.41) is 3.09. The summed E-state index contributed by atoms with van der Waals surface area (Å²) >= 11 is 3.40. The second-order valence-corrected chi connectivity index (χ2v) is 7.58. The zero-order valence-corrected chi connectivity index (χ0v) is 16.9. The minimum atomic E-state index is 0.0110. The lowest BCUT2D eigenvalue weighted by molar-refractivity contribution is -0.121. The molecule has 0 radical (unpaired) electrons. The molecule has 0 aliphatic carbocycles. The molecule has 2 aromatic rings. The van der Waals surface area contributed by atoms with Crippen LogP contribution in [0.1, 0.15) is 28.8 Å². The van der Waals surface area contributed by atoms with Crippen molar-refractivity contribution in [2.24, 2.45) is 0 Å². The van der Waals surface area contributed by atoms with Crippen LogP contribution in [0, 0.1) is 0 Å². The smallest absolute Gasteiger partial charge is 0.253 e. The maximum absolute atomic E-state index is 12.6. The average Bonchev–Trinajstić information content (AvgIpc) is 2.68. The average molecular weight is 431 g/mol. The molecule has 1 heterocycles. The van der Waals surface area contributed by atoms with Gasteiger partial charge in [-0.2, -0.15) is 0 Å². The molecule has 3 rings (SSSR count). The van der Waals surface area contributed by atoms with E-state index in [2.05, 4.69) is 21.2 Å². The van der Waals surface area contributed by atoms with E-state index in [1.165, 1.54) is 0 Å². The highest BCUT2D eigenvalue weighted by Gasteiger charge is 2.24. The number of methoxy groups -OCH3 is 1. The van der Waals surface area contributed by atoms with E-state index in [0.29, 0.717) is 25.1 Å². The molecule has 0 aromatic heterocycles. The Balaban J connectivity index is 1.47. The molecule has 0 saturated carbocycles. The summed E-state index contributed by atoms with van der Waals surface area (Å²) in [4.78, 5) is 26.7. The first-order valence-corrected chi connectivity index (χ1v) is 9.81. The van der Waals surface area contributed by atoms with Crippen molar-refractivity contribution in [2.75, 3.05) is 20.2 Å². The van der Waals surface area contributed by atoms with Crippen LogP contribution in [0.5, 0.6) is 5.75 Å². The number of likely N-dealkylation sites (tertiary alicyclic amines) is 1. The van der Waals surface area contributed by atoms with E-state index in [-0.39, 0.29) is 17.9 Å². The highest BCUT2D eigenvalue weighted by Crippen LogP contribution is 2.17. The Bertz CT molecular complexity index is 799. The van der Waals surface area contributed by atoms with E-state index in [4.69, 9.17) is 4.74 Å². The molecular formula is C21H23BrN2O3. The van der Waals surface area contributed by atoms with Gasteiger partial charge < -0.3 is 15.0 Å². The van der Waals surface area contributed by atoms with Crippen molar-refractivity contribution in [1.82, 2.24) is 10.2 Å². The zero-order chi connectivity index (χ0) is 19.2. The van der Waals surface area contributed by atoms with Crippen LogP contribution < -0.4 is 10.1 Å². The van der Waals surface area contributed by atoms with Gasteiger partial charge in [0.1, 0.15) is 5.75 Å². The number of hydrogen-bond donors (Lipinski definition) is 1. The fraction of sp³-hybridized carbons (Fsp3) is 0.333. The normalized spacial score (nSPS) is 14.7. The second kappa shape index (κ2) is 9.04. The number of ether oxygens (including phenoxy) is 1. The minimum absolute atomic E-state index is 0.0110. The minimum Gasteiger partial charge on any atom is -0.497 e. The van der Waals surface area contributed by atoms with Crippen molar-refractivity contribution in [3.05, 3.63) is 64.1 Å². The highest BCUT2D eigenvalue weighted by atomic mass is 79.9. The predicted octanol–water partition coefficient (Wildman–Crippen LogP) is 3.42. The Kier molecular flexibility index (Phi) is 6.50. The Morgan fingerprint density at radius 2 is 1.85 bits per heavy atom. The second-order valence-electron chi connectivity index (χ2n) is 6.67. The summed E-state index contributed by atoms with van der Waals surface area (Å²) in [6, 6.07) is 15.1. The van der Waals surface area contributed by atoms with Crippen molar-refractivity contribution >= 4 is 27.7 Å². The summed E-state index contributed by atoms with van der Waals surface area (Å²) < 4.78 is 6.03. The van der Waals surface area contributed by atoms with Crippen LogP contribution in [0.15, 0.2) is 53.0 Å². The highest BCUT2D eigenvalue weighted by molar-refractivity contribution is 9.10. The van der Waals surface area contributed by atoms with Gasteiger partial charge in [-0.15, -0.1) is 0 Å². The van der Waals surface area contributed by atoms with Gasteiger partial charge in [0, 0.05) is 29.2 Å². The van der Waals surface area contributed by atoms with Gasteiger partial charge in [0.15, 0.2) is 0 Å². The number of piperidine rings is 1. The summed E-state index contributed by atoms with van der Waals surface area (Å²) in [6.45, 7) is 1.30. The van der Waals surface area contributed by atoms with Crippen LogP contribution in [0.4, 0.5) is 0 Å². The number of nitrogens with one attached hydrogen (secondary N) is 1. The third-order valence-electron chi connectivity index (χ3n) is 4.74. The maximum atomic E-state index is 12.6. The number of amides is 2. The molecule has 142 valence electrons. The largest absolute Gasteiger partial charge is 0.497 e. The van der Waals surface area contributed by atoms with Crippen LogP contribution in [0.3, 0.4) is 0 Å². The lowest BCUT2D eigenvalue weighted by Gasteiger charge is -2.32. The molecule has 0 bridgehead atoms. The fourth-order valence-corrected chi connectivity index (χ4v) is 3.64. The molecule has 1 N–H and O–H groups in total. The molecule has 1 aliphatic heterocycles. The zero-order valence-electron chi connectivity index (χ0n) is 15.3. The summed E-state index contributed by atoms with van der Waals surface area (Å²) in [6.07, 6.45) is 1.89. The Morgan fingerprint density at radius 1 is 1.15 bits per heavy atom. The van der Waals surface area contributed by atoms with Crippen molar-refractivity contribution in [1.29, 1.82) is 0 Å². The number of carbonyl (C=O) groups excluding carboxylic acids is 2. The van der Waals surface area contributed by atoms with Gasteiger partial charge in [0.2, 0.25) is 5.91 Å². The number of rotatable bonds is 5. The van der Waals surface area contributed by atoms with Crippen molar-refractivity contribution in [3.63, 3.8) is 0 Å². The van der Waals surface area contributed by atoms with Crippen molar-refractivity contribution < 1.29 is 14.3 Å². The molecule has 2 amide bonds. The number of halogens is 1. The van der Waals surface area contributed by atoms with Crippen LogP contribution in [0.2, 0.25) is 0 Å². The number of hydrogen-bond acceptors (Lipinski definition) is 3. The van der Waals surface area contributed by atoms with Crippen LogP contribution >= 0.6 is 15.9 Å². The number of benzene rings is 2. The predicted molar refractivity (Wildman–Crippen MR) is 108 cm³/mol. The van der Waals surface area contributed by atoms with E-state index in [0.717, 1.165) is 28.6 Å². The summed E-state index contributed by atoms with van der Waals surface area (Å²) in [7, 11) is 1.62. The van der Waals surface area contributed by atoms with Gasteiger partial charge in [-0.25, -0.2) is 0 Å². The standard InChI is InChI=1S/C21H23BrN2O3/c1-27-19-7-5-15(6-8-19)13-20(25)23-18-9-11-24(12-10-18)21(26)16-3-2-4-17(22)14-16/h2-8,14,18H,9-13H2,1H3,(H,23,25). The molecule has 0 unspecified atom stereocenters. The van der Waals surface area contributed by atoms with Gasteiger partial charge in [-0.3, -0.25) is 9.59 Å². The third-order valence-corrected chi connectivity index (χ3v) is 5.24. The molecular weight excluding hydrogens is 408 g/mol. The molecule has 2 aromatic carbocycles. The molecule has 1 aliphatic rings. The first-order valence-electron chi connectivity index (χ1n) is 9.02. The maximum Gasteiger partial charge on any atom is 0.253 e. The molecule has 0 spiro atoms. The number of nitrogens with zero attached hydrogens (tertiary/aromatic N) is 1. The first-order chi connectivity index (χ1) is 13.0. The third kappa shape index (κ3) is 5.32. The van der Waals surface area contributed by atoms with Crippen LogP contribution in [-0.4, -0.2) is 43.0 Å². The van der Waals surface area contributed by atoms with Gasteiger partial charge in [0.25, 0.3) is 5.91 Å². The Hall–Kier alpha value is -2.34. The van der Waals surface area contributed by atoms with E-state index < -0.39 is 0 Å². The van der Waals surface area contributed by atoms with E-state index in [1.54, 1.807) is 7.11 Å². The molecule has 0 atom stereocenters. The monoisotopic (exact) mass is 430 g/mol. The molecule has 1 saturated heterocycles. The fourth-order valence-electron chi connectivity index (χ4n) is 3.24. The molecule has 5 nitrogen and oxygen atoms in total. The quantitative estimate of drug-likeness (QED) is 0.790. The number of carbonyl (C=O) groups is 2. The van der Waals surface area contributed by atoms with Gasteiger partial charge in [-0.05, 0) is 48.7 Å². The van der Waals surface area contributed by atoms with Gasteiger partial charge >= 0.3 is 0 Å². The topological polar surface area (TPSA) is 58.6 Å². The Labute approximate surface area is 167 Å². The first kappa shape index (κ1) is 19.4. The van der Waals surface area contributed by atoms with E-state index >= 15 is 0 Å². The van der Waals surface area contributed by atoms with Crippen molar-refractivity contribution in [3.8, 4) is 5.75 Å². The summed E-state index contributed by atoms with van der Waals surface area (Å²) in [5.74, 6) is 0.831. The van der Waals surface area contributed by atoms with Gasteiger partial charge in [0.05, 0.1) is 13.5 Å². The molecule has 1 fully saturated rings. The van der Waals surface area contributed by atoms with E-state index in [1.807, 2.05) is 53.4 Å². The van der Waals surface area contributed by atoms with Crippen LogP contribution in [0.25, 0.3) is 0 Å². The SMILES string of the molecule is COc1ccc(CC(=O)NC2CCN(C(=O)c3cccc(Br)c3)CC2)cc1.